The summed E-state index contributed by atoms with van der Waals surface area (Å²) in [6, 6.07) is -0.995. The number of alkyl halides is 1. The first-order valence-electron chi connectivity index (χ1n) is 9.45. The number of fused-ring (bicyclic) bond motifs is 1. The summed E-state index contributed by atoms with van der Waals surface area (Å²) in [6.07, 6.45) is 0. The van der Waals surface area contributed by atoms with Crippen molar-refractivity contribution in [3.8, 4) is 0 Å². The van der Waals surface area contributed by atoms with E-state index in [0.717, 1.165) is 28.0 Å². The molecule has 2 aliphatic heterocycles. The Hall–Kier alpha value is -2.62. The third kappa shape index (κ3) is 5.54. The number of carbonyl (C=O) groups excluding carboxylic acids is 4. The summed E-state index contributed by atoms with van der Waals surface area (Å²) in [5, 5.41) is 19.2. The van der Waals surface area contributed by atoms with Gasteiger partial charge in [-0.1, -0.05) is 16.9 Å². The fraction of sp³-hybridized carbons (Fsp3) is 0.389. The molecule has 34 heavy (non-hydrogen) atoms. The molecule has 0 aliphatic carbocycles. The second kappa shape index (κ2) is 11.2. The zero-order valence-corrected chi connectivity index (χ0v) is 20.9. The molecule has 3 heterocycles. The molecule has 12 nitrogen and oxygen atoms in total. The third-order valence-electron chi connectivity index (χ3n) is 4.50. The summed E-state index contributed by atoms with van der Waals surface area (Å²) in [5.74, 6) is -2.94. The van der Waals surface area contributed by atoms with E-state index in [0.29, 0.717) is 5.57 Å². The van der Waals surface area contributed by atoms with Crippen LogP contribution in [-0.4, -0.2) is 85.4 Å². The first-order chi connectivity index (χ1) is 16.2. The minimum Gasteiger partial charge on any atom is -0.477 e. The Labute approximate surface area is 210 Å². The number of rotatable bonds is 9. The number of nitrogens with one attached hydrogen (secondary N) is 2. The molecule has 16 heteroatoms. The minimum atomic E-state index is -1.28. The summed E-state index contributed by atoms with van der Waals surface area (Å²) in [4.78, 5) is 70.2. The van der Waals surface area contributed by atoms with Crippen LogP contribution in [0.15, 0.2) is 21.8 Å². The van der Waals surface area contributed by atoms with Gasteiger partial charge in [-0.3, -0.25) is 24.1 Å². The zero-order chi connectivity index (χ0) is 25.0. The summed E-state index contributed by atoms with van der Waals surface area (Å²) in [6.45, 7) is 1.38. The smallest absolute Gasteiger partial charge is 0.352 e. The number of carboxylic acid groups (broad SMARTS) is 1. The SMILES string of the molecule is CON=C(C(=O)NC1C(=O)N2C(C(=O)O)=C(CSC(C)=O)CS[C@H]12)c1csc(NC(=O)CCl)n1. The molecule has 0 radical (unpaired) electrons. The van der Waals surface area contributed by atoms with Gasteiger partial charge in [-0.25, -0.2) is 9.78 Å². The highest BCUT2D eigenvalue weighted by Gasteiger charge is 2.54. The number of oxime groups is 1. The van der Waals surface area contributed by atoms with E-state index in [9.17, 15) is 29.1 Å². The zero-order valence-electron chi connectivity index (χ0n) is 17.7. The minimum absolute atomic E-state index is 0.101. The maximum Gasteiger partial charge on any atom is 0.352 e. The third-order valence-corrected chi connectivity index (χ3v) is 7.74. The Morgan fingerprint density at radius 3 is 2.76 bits per heavy atom. The van der Waals surface area contributed by atoms with E-state index < -0.39 is 35.1 Å². The van der Waals surface area contributed by atoms with Crippen LogP contribution in [0.1, 0.15) is 12.6 Å². The highest BCUT2D eigenvalue weighted by molar-refractivity contribution is 8.13. The van der Waals surface area contributed by atoms with Crippen LogP contribution in [0.3, 0.4) is 0 Å². The average Bonchev–Trinajstić information content (AvgIpc) is 3.26. The fourth-order valence-corrected chi connectivity index (χ4v) is 5.95. The van der Waals surface area contributed by atoms with E-state index in [2.05, 4.69) is 20.8 Å². The maximum atomic E-state index is 12.9. The summed E-state index contributed by atoms with van der Waals surface area (Å²) >= 11 is 8.74. The van der Waals surface area contributed by atoms with Crippen LogP contribution >= 0.6 is 46.5 Å². The van der Waals surface area contributed by atoms with Crippen molar-refractivity contribution in [2.45, 2.75) is 18.3 Å². The van der Waals surface area contributed by atoms with E-state index in [1.807, 2.05) is 0 Å². The van der Waals surface area contributed by atoms with E-state index in [1.165, 1.54) is 31.2 Å². The summed E-state index contributed by atoms with van der Waals surface area (Å²) in [5.41, 5.74) is 0.161. The van der Waals surface area contributed by atoms with Crippen LogP contribution in [0.5, 0.6) is 0 Å². The number of hydrogen-bond acceptors (Lipinski definition) is 11. The van der Waals surface area contributed by atoms with Crippen molar-refractivity contribution in [2.24, 2.45) is 5.16 Å². The molecule has 0 spiro atoms. The lowest BCUT2D eigenvalue weighted by molar-refractivity contribution is -0.150. The first kappa shape index (κ1) is 26.0. The van der Waals surface area contributed by atoms with Gasteiger partial charge in [-0.15, -0.1) is 34.7 Å². The van der Waals surface area contributed by atoms with Crippen molar-refractivity contribution in [1.82, 2.24) is 15.2 Å². The largest absolute Gasteiger partial charge is 0.477 e. The second-order valence-corrected chi connectivity index (χ2v) is 10.1. The number of nitrogens with zero attached hydrogens (tertiary/aromatic N) is 3. The van der Waals surface area contributed by atoms with Crippen molar-refractivity contribution < 1.29 is 33.9 Å². The van der Waals surface area contributed by atoms with Gasteiger partial charge in [0.25, 0.3) is 11.8 Å². The summed E-state index contributed by atoms with van der Waals surface area (Å²) < 4.78 is 0. The standard InChI is InChI=1S/C18H18ClN5O7S3/c1-7(25)32-4-8-5-33-16-12(15(28)24(16)13(8)17(29)30)22-14(27)11(23-31-2)9-6-34-18(20-9)21-10(26)3-19/h6,12,16H,3-5H2,1-2H3,(H,22,27)(H,29,30)(H,20,21,26)/t12?,16-/m1/s1. The maximum absolute atomic E-state index is 12.9. The Bertz CT molecular complexity index is 1110. The molecule has 1 saturated heterocycles. The number of amides is 3. The van der Waals surface area contributed by atoms with Crippen LogP contribution in [0.4, 0.5) is 5.13 Å². The molecule has 0 saturated carbocycles. The van der Waals surface area contributed by atoms with Gasteiger partial charge in [0.05, 0.1) is 0 Å². The second-order valence-electron chi connectivity index (χ2n) is 6.74. The van der Waals surface area contributed by atoms with E-state index in [-0.39, 0.29) is 44.7 Å². The van der Waals surface area contributed by atoms with Gasteiger partial charge in [0.2, 0.25) is 5.91 Å². The number of carboxylic acids is 1. The van der Waals surface area contributed by atoms with E-state index in [4.69, 9.17) is 16.4 Å². The lowest BCUT2D eigenvalue weighted by Crippen LogP contribution is -2.71. The molecule has 182 valence electrons. The highest BCUT2D eigenvalue weighted by atomic mass is 35.5. The highest BCUT2D eigenvalue weighted by Crippen LogP contribution is 2.41. The van der Waals surface area contributed by atoms with Gasteiger partial charge in [-0.2, -0.15) is 0 Å². The molecule has 1 aromatic rings. The fourth-order valence-electron chi connectivity index (χ4n) is 3.08. The molecule has 0 aromatic carbocycles. The van der Waals surface area contributed by atoms with Crippen LogP contribution < -0.4 is 10.6 Å². The van der Waals surface area contributed by atoms with Crippen molar-refractivity contribution in [1.29, 1.82) is 0 Å². The van der Waals surface area contributed by atoms with Gasteiger partial charge < -0.3 is 20.6 Å². The molecule has 3 amide bonds. The van der Waals surface area contributed by atoms with Gasteiger partial charge in [0.15, 0.2) is 16.0 Å². The topological polar surface area (TPSA) is 167 Å². The normalized spacial score (nSPS) is 19.8. The van der Waals surface area contributed by atoms with Crippen molar-refractivity contribution in [2.75, 3.05) is 29.8 Å². The first-order valence-corrected chi connectivity index (χ1v) is 12.9. The number of aliphatic carboxylic acids is 1. The summed E-state index contributed by atoms with van der Waals surface area (Å²) in [7, 11) is 1.23. The number of hydrogen-bond donors (Lipinski definition) is 3. The molecule has 1 fully saturated rings. The molecule has 1 unspecified atom stereocenters. The van der Waals surface area contributed by atoms with Crippen LogP contribution in [0.2, 0.25) is 0 Å². The predicted octanol–water partition coefficient (Wildman–Crippen LogP) is 0.689. The Kier molecular flexibility index (Phi) is 8.57. The Balaban J connectivity index is 1.75. The van der Waals surface area contributed by atoms with Crippen LogP contribution in [0.25, 0.3) is 0 Å². The molecule has 2 aliphatic rings. The van der Waals surface area contributed by atoms with Gasteiger partial charge in [0.1, 0.15) is 35.8 Å². The number of aromatic nitrogens is 1. The number of thioether (sulfide) groups is 2. The van der Waals surface area contributed by atoms with E-state index >= 15 is 0 Å². The number of carbonyl (C=O) groups is 5. The van der Waals surface area contributed by atoms with Crippen LogP contribution in [0, 0.1) is 0 Å². The monoisotopic (exact) mass is 547 g/mol. The Morgan fingerprint density at radius 1 is 1.41 bits per heavy atom. The average molecular weight is 548 g/mol. The molecular formula is C18H18ClN5O7S3. The van der Waals surface area contributed by atoms with Gasteiger partial charge >= 0.3 is 5.97 Å². The molecule has 2 atom stereocenters. The number of halogens is 1. The van der Waals surface area contributed by atoms with Crippen LogP contribution in [-0.2, 0) is 28.8 Å². The molecule has 3 rings (SSSR count). The lowest BCUT2D eigenvalue weighted by atomic mass is 10.0. The molecule has 0 bridgehead atoms. The predicted molar refractivity (Wildman–Crippen MR) is 128 cm³/mol. The lowest BCUT2D eigenvalue weighted by Gasteiger charge is -2.49. The Morgan fingerprint density at radius 2 is 2.15 bits per heavy atom. The number of thiazole rings is 1. The van der Waals surface area contributed by atoms with Crippen molar-refractivity contribution in [3.05, 3.63) is 22.3 Å². The van der Waals surface area contributed by atoms with Gasteiger partial charge in [-0.05, 0) is 5.57 Å². The van der Waals surface area contributed by atoms with Crippen molar-refractivity contribution >= 4 is 86.1 Å². The quantitative estimate of drug-likeness (QED) is 0.173. The van der Waals surface area contributed by atoms with Gasteiger partial charge in [0, 0.05) is 23.8 Å². The van der Waals surface area contributed by atoms with Crippen molar-refractivity contribution in [3.63, 3.8) is 0 Å². The molecular weight excluding hydrogens is 530 g/mol. The van der Waals surface area contributed by atoms with E-state index in [1.54, 1.807) is 0 Å². The molecule has 3 N–H and O–H groups in total. The molecule has 1 aromatic heterocycles. The number of β-lactam (4-membered cyclic amide) rings is 1. The number of anilines is 1.